The number of carbonyl (C=O) groups excluding carboxylic acids is 1. The number of rotatable bonds is 6. The van der Waals surface area contributed by atoms with Crippen LogP contribution in [0.1, 0.15) is 30.3 Å². The summed E-state index contributed by atoms with van der Waals surface area (Å²) in [4.78, 5) is 11.8. The fourth-order valence-electron chi connectivity index (χ4n) is 1.86. The third-order valence-electron chi connectivity index (χ3n) is 3.10. The smallest absolute Gasteiger partial charge is 0.230 e. The Labute approximate surface area is 137 Å². The molecule has 0 radical (unpaired) electrons. The molecule has 130 valence electrons. The lowest BCUT2D eigenvalue weighted by Crippen LogP contribution is -2.18. The molecular weight excluding hydrogens is 353 g/mol. The van der Waals surface area contributed by atoms with E-state index in [0.29, 0.717) is 11.4 Å². The number of hydrogen-bond acceptors (Lipinski definition) is 4. The summed E-state index contributed by atoms with van der Waals surface area (Å²) in [5.74, 6) is -11.5. The van der Waals surface area contributed by atoms with E-state index in [1.54, 1.807) is 0 Å². The molecule has 0 bridgehead atoms. The molecule has 0 fully saturated rings. The van der Waals surface area contributed by atoms with E-state index in [9.17, 15) is 26.7 Å². The molecule has 2 aromatic rings. The second-order valence-corrected chi connectivity index (χ2v) is 5.94. The van der Waals surface area contributed by atoms with Gasteiger partial charge in [0.2, 0.25) is 16.9 Å². The topological polar surface area (TPSA) is 54.9 Å². The zero-order chi connectivity index (χ0) is 17.9. The summed E-state index contributed by atoms with van der Waals surface area (Å²) in [6.07, 6.45) is 1.48. The Morgan fingerprint density at radius 2 is 1.58 bits per heavy atom. The van der Waals surface area contributed by atoms with Gasteiger partial charge in [-0.15, -0.1) is 10.2 Å². The highest BCUT2D eigenvalue weighted by Crippen LogP contribution is 2.24. The minimum atomic E-state index is -2.26. The van der Waals surface area contributed by atoms with Gasteiger partial charge in [-0.3, -0.25) is 4.79 Å². The van der Waals surface area contributed by atoms with E-state index in [-0.39, 0.29) is 5.13 Å². The standard InChI is InChI=1S/C14H12F5N3OS/c1-2-3-4-8-21-22-14(24-8)20-7(23)5-6-9(15)11(17)13(19)12(18)10(6)16/h2-5H2,1H3,(H,20,22,23). The van der Waals surface area contributed by atoms with Crippen LogP contribution in [0.4, 0.5) is 27.1 Å². The molecule has 0 aliphatic carbocycles. The van der Waals surface area contributed by atoms with Crippen LogP contribution in [0.2, 0.25) is 0 Å². The average molecular weight is 365 g/mol. The highest BCUT2D eigenvalue weighted by Gasteiger charge is 2.27. The number of nitrogens with one attached hydrogen (secondary N) is 1. The number of nitrogens with zero attached hydrogens (tertiary/aromatic N) is 2. The predicted molar refractivity (Wildman–Crippen MR) is 77.1 cm³/mol. The molecule has 0 aliphatic rings. The molecule has 4 nitrogen and oxygen atoms in total. The number of aromatic nitrogens is 2. The maximum atomic E-state index is 13.5. The van der Waals surface area contributed by atoms with Crippen LogP contribution in [0.25, 0.3) is 0 Å². The predicted octanol–water partition coefficient (Wildman–Crippen LogP) is 3.76. The Balaban J connectivity index is 2.12. The van der Waals surface area contributed by atoms with Gasteiger partial charge in [-0.05, 0) is 6.42 Å². The first kappa shape index (κ1) is 18.2. The molecule has 1 aromatic heterocycles. The minimum absolute atomic E-state index is 0.0926. The van der Waals surface area contributed by atoms with Gasteiger partial charge in [0.25, 0.3) is 0 Å². The molecule has 0 saturated carbocycles. The van der Waals surface area contributed by atoms with Gasteiger partial charge in [-0.25, -0.2) is 22.0 Å². The maximum absolute atomic E-state index is 13.5. The van der Waals surface area contributed by atoms with Crippen LogP contribution >= 0.6 is 11.3 Å². The molecular formula is C14H12F5N3OS. The Morgan fingerprint density at radius 1 is 1.00 bits per heavy atom. The lowest BCUT2D eigenvalue weighted by Gasteiger charge is -2.07. The third kappa shape index (κ3) is 3.86. The summed E-state index contributed by atoms with van der Waals surface area (Å²) in [5, 5.41) is 10.5. The van der Waals surface area contributed by atoms with Crippen molar-refractivity contribution in [2.24, 2.45) is 0 Å². The quantitative estimate of drug-likeness (QED) is 0.482. The molecule has 24 heavy (non-hydrogen) atoms. The van der Waals surface area contributed by atoms with Gasteiger partial charge >= 0.3 is 0 Å². The molecule has 10 heteroatoms. The SMILES string of the molecule is CCCCc1nnc(NC(=O)Cc2c(F)c(F)c(F)c(F)c2F)s1. The van der Waals surface area contributed by atoms with Crippen molar-refractivity contribution in [2.75, 3.05) is 5.32 Å². The zero-order valence-corrected chi connectivity index (χ0v) is 13.2. The third-order valence-corrected chi connectivity index (χ3v) is 3.99. The van der Waals surface area contributed by atoms with Crippen molar-refractivity contribution in [3.63, 3.8) is 0 Å². The zero-order valence-electron chi connectivity index (χ0n) is 12.4. The lowest BCUT2D eigenvalue weighted by atomic mass is 10.1. The van der Waals surface area contributed by atoms with Crippen LogP contribution < -0.4 is 5.32 Å². The summed E-state index contributed by atoms with van der Waals surface area (Å²) in [7, 11) is 0. The van der Waals surface area contributed by atoms with Gasteiger partial charge in [0.05, 0.1) is 6.42 Å². The van der Waals surface area contributed by atoms with Gasteiger partial charge in [0.1, 0.15) is 5.01 Å². The Hall–Kier alpha value is -2.10. The second kappa shape index (κ2) is 7.65. The molecule has 0 aliphatic heterocycles. The average Bonchev–Trinajstić information content (AvgIpc) is 3.00. The number of unbranched alkanes of at least 4 members (excludes halogenated alkanes) is 1. The van der Waals surface area contributed by atoms with Gasteiger partial charge in [0, 0.05) is 12.0 Å². The first-order valence-corrected chi connectivity index (χ1v) is 7.79. The number of benzene rings is 1. The number of carbonyl (C=O) groups is 1. The minimum Gasteiger partial charge on any atom is -0.300 e. The first-order chi connectivity index (χ1) is 11.3. The Morgan fingerprint density at radius 3 is 2.17 bits per heavy atom. The van der Waals surface area contributed by atoms with Gasteiger partial charge < -0.3 is 5.32 Å². The van der Waals surface area contributed by atoms with Crippen molar-refractivity contribution in [1.29, 1.82) is 0 Å². The van der Waals surface area contributed by atoms with E-state index in [2.05, 4.69) is 15.5 Å². The van der Waals surface area contributed by atoms with E-state index in [1.807, 2.05) is 6.92 Å². The van der Waals surface area contributed by atoms with Crippen molar-refractivity contribution >= 4 is 22.4 Å². The summed E-state index contributed by atoms with van der Waals surface area (Å²) < 4.78 is 66.2. The fourth-order valence-corrected chi connectivity index (χ4v) is 2.66. The Kier molecular flexibility index (Phi) is 5.81. The van der Waals surface area contributed by atoms with Crippen molar-refractivity contribution in [3.8, 4) is 0 Å². The highest BCUT2D eigenvalue weighted by molar-refractivity contribution is 7.15. The van der Waals surface area contributed by atoms with Crippen LogP contribution in [0, 0.1) is 29.1 Å². The van der Waals surface area contributed by atoms with Crippen molar-refractivity contribution < 1.29 is 26.7 Å². The molecule has 0 spiro atoms. The summed E-state index contributed by atoms with van der Waals surface area (Å²) in [6, 6.07) is 0. The van der Waals surface area contributed by atoms with E-state index in [0.717, 1.165) is 24.2 Å². The van der Waals surface area contributed by atoms with Crippen LogP contribution in [-0.2, 0) is 17.6 Å². The largest absolute Gasteiger partial charge is 0.300 e. The number of anilines is 1. The molecule has 1 amide bonds. The monoisotopic (exact) mass is 365 g/mol. The fraction of sp³-hybridized carbons (Fsp3) is 0.357. The normalized spacial score (nSPS) is 10.9. The van der Waals surface area contributed by atoms with Crippen molar-refractivity contribution in [2.45, 2.75) is 32.6 Å². The van der Waals surface area contributed by atoms with Gasteiger partial charge in [-0.2, -0.15) is 0 Å². The van der Waals surface area contributed by atoms with Gasteiger partial charge in [0.15, 0.2) is 23.3 Å². The molecule has 1 heterocycles. The van der Waals surface area contributed by atoms with E-state index in [1.165, 1.54) is 0 Å². The van der Waals surface area contributed by atoms with Crippen LogP contribution in [0.5, 0.6) is 0 Å². The highest BCUT2D eigenvalue weighted by atomic mass is 32.1. The van der Waals surface area contributed by atoms with Crippen LogP contribution in [-0.4, -0.2) is 16.1 Å². The summed E-state index contributed by atoms with van der Waals surface area (Å²) >= 11 is 1.08. The maximum Gasteiger partial charge on any atom is 0.230 e. The van der Waals surface area contributed by atoms with Gasteiger partial charge in [-0.1, -0.05) is 24.7 Å². The van der Waals surface area contributed by atoms with E-state index >= 15 is 0 Å². The van der Waals surface area contributed by atoms with Crippen molar-refractivity contribution in [1.82, 2.24) is 10.2 Å². The lowest BCUT2D eigenvalue weighted by molar-refractivity contribution is -0.115. The number of amides is 1. The van der Waals surface area contributed by atoms with E-state index in [4.69, 9.17) is 0 Å². The summed E-state index contributed by atoms with van der Waals surface area (Å²) in [5.41, 5.74) is -1.19. The van der Waals surface area contributed by atoms with E-state index < -0.39 is 47.0 Å². The molecule has 0 atom stereocenters. The number of halogens is 5. The number of aryl methyl sites for hydroxylation is 1. The number of hydrogen-bond donors (Lipinski definition) is 1. The van der Waals surface area contributed by atoms with Crippen LogP contribution in [0.3, 0.4) is 0 Å². The molecule has 0 saturated heterocycles. The molecule has 1 N–H and O–H groups in total. The van der Waals surface area contributed by atoms with Crippen molar-refractivity contribution in [3.05, 3.63) is 39.7 Å². The second-order valence-electron chi connectivity index (χ2n) is 4.88. The Bertz CT molecular complexity index is 736. The molecule has 0 unspecified atom stereocenters. The first-order valence-electron chi connectivity index (χ1n) is 6.97. The summed E-state index contributed by atoms with van der Waals surface area (Å²) in [6.45, 7) is 1.99. The molecule has 2 rings (SSSR count). The molecule has 1 aromatic carbocycles. The van der Waals surface area contributed by atoms with Crippen LogP contribution in [0.15, 0.2) is 0 Å².